The van der Waals surface area contributed by atoms with Gasteiger partial charge in [0.2, 0.25) is 0 Å². The van der Waals surface area contributed by atoms with Gasteiger partial charge in [0.25, 0.3) is 0 Å². The van der Waals surface area contributed by atoms with Crippen LogP contribution >= 0.6 is 0 Å². The molecule has 1 aliphatic rings. The number of aromatic nitrogens is 2. The van der Waals surface area contributed by atoms with Crippen molar-refractivity contribution >= 4 is 0 Å². The Balaban J connectivity index is 1.90. The maximum atomic E-state index is 4.59. The van der Waals surface area contributed by atoms with E-state index in [9.17, 15) is 0 Å². The Hall–Kier alpha value is -0.960. The van der Waals surface area contributed by atoms with Crippen LogP contribution in [0.15, 0.2) is 12.4 Å². The van der Waals surface area contributed by atoms with Crippen LogP contribution in [0.4, 0.5) is 0 Å². The van der Waals surface area contributed by atoms with Crippen LogP contribution in [0.1, 0.15) is 70.7 Å². The molecule has 2 rings (SSSR count). The van der Waals surface area contributed by atoms with Crippen LogP contribution in [-0.2, 0) is 6.54 Å². The van der Waals surface area contributed by atoms with Gasteiger partial charge in [-0.25, -0.2) is 9.97 Å². The van der Waals surface area contributed by atoms with Crippen LogP contribution in [0.5, 0.6) is 0 Å². The highest BCUT2D eigenvalue weighted by Gasteiger charge is 2.31. The summed E-state index contributed by atoms with van der Waals surface area (Å²) in [7, 11) is 0. The van der Waals surface area contributed by atoms with Gasteiger partial charge in [-0.15, -0.1) is 0 Å². The molecule has 20 heavy (non-hydrogen) atoms. The first-order valence-corrected chi connectivity index (χ1v) is 8.02. The van der Waals surface area contributed by atoms with Gasteiger partial charge in [0, 0.05) is 30.4 Å². The first-order chi connectivity index (χ1) is 9.50. The highest BCUT2D eigenvalue weighted by atomic mass is 14.9. The molecule has 0 amide bonds. The summed E-state index contributed by atoms with van der Waals surface area (Å²) in [6.07, 6.45) is 9.10. The van der Waals surface area contributed by atoms with E-state index in [4.69, 9.17) is 0 Å². The standard InChI is InChI=1S/C17H29N3/c1-5-18-10-13-11-19-16(20-12-13)14-6-8-15(9-7-14)17(2,3)4/h11-12,14-15,18H,5-10H2,1-4H3. The van der Waals surface area contributed by atoms with Gasteiger partial charge in [-0.3, -0.25) is 0 Å². The molecule has 0 atom stereocenters. The highest BCUT2D eigenvalue weighted by Crippen LogP contribution is 2.42. The van der Waals surface area contributed by atoms with Crippen molar-refractivity contribution in [3.8, 4) is 0 Å². The third-order valence-electron chi connectivity index (χ3n) is 4.62. The fourth-order valence-electron chi connectivity index (χ4n) is 3.15. The zero-order valence-electron chi connectivity index (χ0n) is 13.4. The predicted octanol–water partition coefficient (Wildman–Crippen LogP) is 3.91. The van der Waals surface area contributed by atoms with Crippen molar-refractivity contribution in [1.82, 2.24) is 15.3 Å². The van der Waals surface area contributed by atoms with Crippen LogP contribution in [0.3, 0.4) is 0 Å². The maximum absolute atomic E-state index is 4.59. The summed E-state index contributed by atoms with van der Waals surface area (Å²) in [5.41, 5.74) is 1.63. The monoisotopic (exact) mass is 275 g/mol. The molecule has 1 N–H and O–H groups in total. The van der Waals surface area contributed by atoms with Gasteiger partial charge in [0.1, 0.15) is 5.82 Å². The zero-order valence-corrected chi connectivity index (χ0v) is 13.4. The number of nitrogens with one attached hydrogen (secondary N) is 1. The van der Waals surface area contributed by atoms with E-state index in [0.717, 1.165) is 24.8 Å². The summed E-state index contributed by atoms with van der Waals surface area (Å²) in [5, 5.41) is 3.31. The SMILES string of the molecule is CCNCc1cnc(C2CCC(C(C)(C)C)CC2)nc1. The van der Waals surface area contributed by atoms with E-state index in [1.165, 1.54) is 31.2 Å². The molecule has 0 saturated heterocycles. The first kappa shape index (κ1) is 15.4. The second-order valence-corrected chi connectivity index (χ2v) is 7.14. The molecular weight excluding hydrogens is 246 g/mol. The Morgan fingerprint density at radius 3 is 2.20 bits per heavy atom. The van der Waals surface area contributed by atoms with Gasteiger partial charge in [0.15, 0.2) is 0 Å². The lowest BCUT2D eigenvalue weighted by Gasteiger charge is -2.36. The van der Waals surface area contributed by atoms with E-state index in [0.29, 0.717) is 11.3 Å². The lowest BCUT2D eigenvalue weighted by molar-refractivity contribution is 0.167. The average Bonchev–Trinajstić information content (AvgIpc) is 2.45. The van der Waals surface area contributed by atoms with Gasteiger partial charge in [-0.05, 0) is 43.6 Å². The number of hydrogen-bond donors (Lipinski definition) is 1. The van der Waals surface area contributed by atoms with E-state index < -0.39 is 0 Å². The number of hydrogen-bond acceptors (Lipinski definition) is 3. The lowest BCUT2D eigenvalue weighted by atomic mass is 9.70. The van der Waals surface area contributed by atoms with Crippen molar-refractivity contribution in [2.75, 3.05) is 6.54 Å². The Kier molecular flexibility index (Phi) is 5.14. The fourth-order valence-corrected chi connectivity index (χ4v) is 3.15. The molecule has 3 nitrogen and oxygen atoms in total. The second-order valence-electron chi connectivity index (χ2n) is 7.14. The Morgan fingerprint density at radius 2 is 1.70 bits per heavy atom. The van der Waals surface area contributed by atoms with Crippen LogP contribution < -0.4 is 5.32 Å². The maximum Gasteiger partial charge on any atom is 0.131 e. The van der Waals surface area contributed by atoms with E-state index in [-0.39, 0.29) is 0 Å². The molecule has 0 unspecified atom stereocenters. The van der Waals surface area contributed by atoms with Gasteiger partial charge in [-0.1, -0.05) is 27.7 Å². The quantitative estimate of drug-likeness (QED) is 0.905. The van der Waals surface area contributed by atoms with Crippen molar-refractivity contribution in [1.29, 1.82) is 0 Å². The molecule has 1 fully saturated rings. The highest BCUT2D eigenvalue weighted by molar-refractivity contribution is 5.08. The minimum atomic E-state index is 0.446. The Bertz CT molecular complexity index is 397. The van der Waals surface area contributed by atoms with Crippen LogP contribution in [0.25, 0.3) is 0 Å². The average molecular weight is 275 g/mol. The van der Waals surface area contributed by atoms with Gasteiger partial charge in [0.05, 0.1) is 0 Å². The summed E-state index contributed by atoms with van der Waals surface area (Å²) >= 11 is 0. The molecule has 0 aliphatic heterocycles. The summed E-state index contributed by atoms with van der Waals surface area (Å²) in [6.45, 7) is 11.1. The molecule has 3 heteroatoms. The molecule has 0 radical (unpaired) electrons. The van der Waals surface area contributed by atoms with E-state index >= 15 is 0 Å². The molecule has 0 bridgehead atoms. The third-order valence-corrected chi connectivity index (χ3v) is 4.62. The van der Waals surface area contributed by atoms with Gasteiger partial charge in [-0.2, -0.15) is 0 Å². The third kappa shape index (κ3) is 4.02. The number of nitrogens with zero attached hydrogens (tertiary/aromatic N) is 2. The molecule has 112 valence electrons. The van der Waals surface area contributed by atoms with E-state index in [2.05, 4.69) is 43.0 Å². The summed E-state index contributed by atoms with van der Waals surface area (Å²) in [6, 6.07) is 0. The summed E-state index contributed by atoms with van der Waals surface area (Å²) in [5.74, 6) is 2.48. The molecular formula is C17H29N3. The Morgan fingerprint density at radius 1 is 1.10 bits per heavy atom. The van der Waals surface area contributed by atoms with E-state index in [1.54, 1.807) is 0 Å². The first-order valence-electron chi connectivity index (χ1n) is 8.02. The molecule has 1 aromatic heterocycles. The predicted molar refractivity (Wildman–Crippen MR) is 83.6 cm³/mol. The fraction of sp³-hybridized carbons (Fsp3) is 0.765. The minimum Gasteiger partial charge on any atom is -0.313 e. The zero-order chi connectivity index (χ0) is 14.6. The second kappa shape index (κ2) is 6.66. The van der Waals surface area contributed by atoms with Crippen molar-refractivity contribution in [2.24, 2.45) is 11.3 Å². The molecule has 0 spiro atoms. The van der Waals surface area contributed by atoms with Crippen LogP contribution in [0.2, 0.25) is 0 Å². The molecule has 1 aliphatic carbocycles. The van der Waals surface area contributed by atoms with Crippen LogP contribution in [0, 0.1) is 11.3 Å². The largest absolute Gasteiger partial charge is 0.313 e. The Labute approximate surface area is 123 Å². The smallest absolute Gasteiger partial charge is 0.131 e. The van der Waals surface area contributed by atoms with E-state index in [1.807, 2.05) is 12.4 Å². The van der Waals surface area contributed by atoms with Crippen LogP contribution in [-0.4, -0.2) is 16.5 Å². The van der Waals surface area contributed by atoms with Gasteiger partial charge >= 0.3 is 0 Å². The molecule has 1 saturated carbocycles. The molecule has 0 aromatic carbocycles. The van der Waals surface area contributed by atoms with Crippen molar-refractivity contribution < 1.29 is 0 Å². The van der Waals surface area contributed by atoms with Crippen molar-refractivity contribution in [3.05, 3.63) is 23.8 Å². The normalized spacial score (nSPS) is 23.8. The number of rotatable bonds is 4. The van der Waals surface area contributed by atoms with Crippen molar-refractivity contribution in [3.63, 3.8) is 0 Å². The molecule has 1 heterocycles. The lowest BCUT2D eigenvalue weighted by Crippen LogP contribution is -2.25. The summed E-state index contributed by atoms with van der Waals surface area (Å²) < 4.78 is 0. The van der Waals surface area contributed by atoms with Crippen molar-refractivity contribution in [2.45, 2.75) is 65.8 Å². The topological polar surface area (TPSA) is 37.8 Å². The summed E-state index contributed by atoms with van der Waals surface area (Å²) in [4.78, 5) is 9.18. The van der Waals surface area contributed by atoms with Gasteiger partial charge < -0.3 is 5.32 Å². The molecule has 1 aromatic rings. The minimum absolute atomic E-state index is 0.446.